The van der Waals surface area contributed by atoms with Gasteiger partial charge in [-0.1, -0.05) is 13.0 Å². The van der Waals surface area contributed by atoms with Gasteiger partial charge >= 0.3 is 0 Å². The molecular weight excluding hydrogens is 335 g/mol. The number of piperazine rings is 1. The van der Waals surface area contributed by atoms with Gasteiger partial charge < -0.3 is 4.90 Å². The normalized spacial score (nSPS) is 28.4. The van der Waals surface area contributed by atoms with Crippen molar-refractivity contribution in [2.24, 2.45) is 0 Å². The van der Waals surface area contributed by atoms with Crippen molar-refractivity contribution in [3.63, 3.8) is 0 Å². The van der Waals surface area contributed by atoms with Crippen LogP contribution < -0.4 is 4.90 Å². The molecule has 0 N–H and O–H groups in total. The first kappa shape index (κ1) is 12.7. The molecule has 3 rings (SSSR count). The molecule has 18 heavy (non-hydrogen) atoms. The third kappa shape index (κ3) is 2.39. The Labute approximate surface area is 123 Å². The standard InChI is InChI=1S/C15H21IN2/c1-2-13-10-17-8-4-7-15(17)11-18(13)14-6-3-5-12(16)9-14/h3,5-6,9,13,15H,2,4,7-8,10-11H2,1H3. The summed E-state index contributed by atoms with van der Waals surface area (Å²) in [4.78, 5) is 5.35. The molecule has 3 heteroatoms. The van der Waals surface area contributed by atoms with Crippen molar-refractivity contribution in [1.29, 1.82) is 0 Å². The first-order valence-electron chi connectivity index (χ1n) is 7.04. The smallest absolute Gasteiger partial charge is 0.0415 e. The summed E-state index contributed by atoms with van der Waals surface area (Å²) in [6.07, 6.45) is 4.02. The van der Waals surface area contributed by atoms with Crippen molar-refractivity contribution < 1.29 is 0 Å². The van der Waals surface area contributed by atoms with Gasteiger partial charge in [-0.05, 0) is 66.6 Å². The van der Waals surface area contributed by atoms with E-state index in [1.165, 1.54) is 48.2 Å². The lowest BCUT2D eigenvalue weighted by Gasteiger charge is -2.45. The van der Waals surface area contributed by atoms with Crippen LogP contribution in [-0.4, -0.2) is 36.6 Å². The van der Waals surface area contributed by atoms with Gasteiger partial charge in [0.2, 0.25) is 0 Å². The predicted molar refractivity (Wildman–Crippen MR) is 85.2 cm³/mol. The molecule has 2 fully saturated rings. The molecule has 0 bridgehead atoms. The summed E-state index contributed by atoms with van der Waals surface area (Å²) in [5.74, 6) is 0. The number of benzene rings is 1. The highest BCUT2D eigenvalue weighted by Gasteiger charge is 2.35. The van der Waals surface area contributed by atoms with Crippen molar-refractivity contribution in [3.05, 3.63) is 27.8 Å². The molecular formula is C15H21IN2. The van der Waals surface area contributed by atoms with E-state index >= 15 is 0 Å². The monoisotopic (exact) mass is 356 g/mol. The Morgan fingerprint density at radius 3 is 3.00 bits per heavy atom. The molecule has 0 aliphatic carbocycles. The van der Waals surface area contributed by atoms with Crippen LogP contribution in [-0.2, 0) is 0 Å². The van der Waals surface area contributed by atoms with Crippen LogP contribution >= 0.6 is 22.6 Å². The van der Waals surface area contributed by atoms with E-state index < -0.39 is 0 Å². The first-order valence-corrected chi connectivity index (χ1v) is 8.12. The molecule has 2 atom stereocenters. The van der Waals surface area contributed by atoms with Crippen molar-refractivity contribution in [2.75, 3.05) is 24.5 Å². The molecule has 0 amide bonds. The molecule has 2 heterocycles. The molecule has 0 radical (unpaired) electrons. The van der Waals surface area contributed by atoms with Crippen molar-refractivity contribution in [2.45, 2.75) is 38.3 Å². The number of anilines is 1. The van der Waals surface area contributed by atoms with Crippen LogP contribution in [0.15, 0.2) is 24.3 Å². The van der Waals surface area contributed by atoms with Gasteiger partial charge in [0.05, 0.1) is 0 Å². The summed E-state index contributed by atoms with van der Waals surface area (Å²) in [7, 11) is 0. The Balaban J connectivity index is 1.85. The lowest BCUT2D eigenvalue weighted by Crippen LogP contribution is -2.56. The topological polar surface area (TPSA) is 6.48 Å². The molecule has 98 valence electrons. The summed E-state index contributed by atoms with van der Waals surface area (Å²) >= 11 is 2.41. The van der Waals surface area contributed by atoms with Crippen LogP contribution in [0.4, 0.5) is 5.69 Å². The van der Waals surface area contributed by atoms with Crippen LogP contribution in [0, 0.1) is 3.57 Å². The highest BCUT2D eigenvalue weighted by atomic mass is 127. The molecule has 2 unspecified atom stereocenters. The van der Waals surface area contributed by atoms with Gasteiger partial charge in [-0.2, -0.15) is 0 Å². The van der Waals surface area contributed by atoms with E-state index in [1.54, 1.807) is 0 Å². The zero-order chi connectivity index (χ0) is 12.5. The molecule has 2 aliphatic heterocycles. The minimum atomic E-state index is 0.692. The van der Waals surface area contributed by atoms with Crippen LogP contribution in [0.2, 0.25) is 0 Å². The average molecular weight is 356 g/mol. The molecule has 2 nitrogen and oxygen atoms in total. The number of halogens is 1. The average Bonchev–Trinajstić information content (AvgIpc) is 2.84. The molecule has 0 saturated carbocycles. The maximum atomic E-state index is 2.71. The van der Waals surface area contributed by atoms with Crippen LogP contribution in [0.1, 0.15) is 26.2 Å². The third-order valence-corrected chi connectivity index (χ3v) is 5.07. The molecule has 0 spiro atoms. The molecule has 1 aromatic rings. The number of hydrogen-bond acceptors (Lipinski definition) is 2. The van der Waals surface area contributed by atoms with E-state index in [9.17, 15) is 0 Å². The van der Waals surface area contributed by atoms with Crippen LogP contribution in [0.3, 0.4) is 0 Å². The SMILES string of the molecule is CCC1CN2CCCC2CN1c1cccc(I)c1. The second-order valence-corrected chi connectivity index (χ2v) is 6.73. The lowest BCUT2D eigenvalue weighted by atomic mass is 10.0. The number of rotatable bonds is 2. The van der Waals surface area contributed by atoms with Crippen molar-refractivity contribution in [3.8, 4) is 0 Å². The first-order chi connectivity index (χ1) is 8.78. The van der Waals surface area contributed by atoms with Crippen molar-refractivity contribution in [1.82, 2.24) is 4.90 Å². The van der Waals surface area contributed by atoms with Gasteiger partial charge in [-0.15, -0.1) is 0 Å². The van der Waals surface area contributed by atoms with Gasteiger partial charge in [0.25, 0.3) is 0 Å². The van der Waals surface area contributed by atoms with Gasteiger partial charge in [0.15, 0.2) is 0 Å². The molecule has 2 aliphatic rings. The number of hydrogen-bond donors (Lipinski definition) is 0. The maximum absolute atomic E-state index is 2.71. The Morgan fingerprint density at radius 1 is 1.33 bits per heavy atom. The summed E-state index contributed by atoms with van der Waals surface area (Å²) in [5, 5.41) is 0. The molecule has 2 saturated heterocycles. The summed E-state index contributed by atoms with van der Waals surface area (Å²) < 4.78 is 1.34. The molecule has 1 aromatic carbocycles. The lowest BCUT2D eigenvalue weighted by molar-refractivity contribution is 0.195. The minimum absolute atomic E-state index is 0.692. The van der Waals surface area contributed by atoms with Crippen molar-refractivity contribution >= 4 is 28.3 Å². The largest absolute Gasteiger partial charge is 0.366 e. The van der Waals surface area contributed by atoms with Gasteiger partial charge in [-0.25, -0.2) is 0 Å². The fourth-order valence-corrected chi connectivity index (χ4v) is 3.93. The quantitative estimate of drug-likeness (QED) is 0.750. The fraction of sp³-hybridized carbons (Fsp3) is 0.600. The van der Waals surface area contributed by atoms with Gasteiger partial charge in [-0.3, -0.25) is 4.90 Å². The number of nitrogens with zero attached hydrogens (tertiary/aromatic N) is 2. The summed E-state index contributed by atoms with van der Waals surface area (Å²) in [6.45, 7) is 6.12. The second kappa shape index (κ2) is 5.37. The Bertz CT molecular complexity index is 421. The minimum Gasteiger partial charge on any atom is -0.366 e. The Morgan fingerprint density at radius 2 is 2.22 bits per heavy atom. The number of fused-ring (bicyclic) bond motifs is 1. The third-order valence-electron chi connectivity index (χ3n) is 4.40. The second-order valence-electron chi connectivity index (χ2n) is 5.49. The summed E-state index contributed by atoms with van der Waals surface area (Å²) in [5.41, 5.74) is 1.42. The van der Waals surface area contributed by atoms with E-state index in [-0.39, 0.29) is 0 Å². The van der Waals surface area contributed by atoms with E-state index in [4.69, 9.17) is 0 Å². The maximum Gasteiger partial charge on any atom is 0.0415 e. The van der Waals surface area contributed by atoms with E-state index in [0.717, 1.165) is 6.04 Å². The van der Waals surface area contributed by atoms with Crippen LogP contribution in [0.25, 0.3) is 0 Å². The van der Waals surface area contributed by atoms with E-state index in [0.29, 0.717) is 6.04 Å². The zero-order valence-corrected chi connectivity index (χ0v) is 13.1. The fourth-order valence-electron chi connectivity index (χ4n) is 3.41. The van der Waals surface area contributed by atoms with E-state index in [1.807, 2.05) is 0 Å². The van der Waals surface area contributed by atoms with Gasteiger partial charge in [0.1, 0.15) is 0 Å². The summed E-state index contributed by atoms with van der Waals surface area (Å²) in [6, 6.07) is 10.5. The highest BCUT2D eigenvalue weighted by Crippen LogP contribution is 2.30. The zero-order valence-electron chi connectivity index (χ0n) is 11.0. The predicted octanol–water partition coefficient (Wildman–Crippen LogP) is 3.35. The van der Waals surface area contributed by atoms with Crippen LogP contribution in [0.5, 0.6) is 0 Å². The van der Waals surface area contributed by atoms with Gasteiger partial charge in [0, 0.05) is 34.4 Å². The Kier molecular flexibility index (Phi) is 3.80. The molecule has 0 aromatic heterocycles. The Hall–Kier alpha value is -0.290. The van der Waals surface area contributed by atoms with E-state index in [2.05, 4.69) is 63.6 Å². The highest BCUT2D eigenvalue weighted by molar-refractivity contribution is 14.1.